The molecule has 5 bridgehead atoms. The van der Waals surface area contributed by atoms with Crippen molar-refractivity contribution in [3.63, 3.8) is 0 Å². The molecule has 0 unspecified atom stereocenters. The lowest BCUT2D eigenvalue weighted by atomic mass is 9.45. The highest BCUT2D eigenvalue weighted by Gasteiger charge is 2.94. The number of hydrogen-bond acceptors (Lipinski definition) is 10. The van der Waals surface area contributed by atoms with Gasteiger partial charge in [-0.2, -0.15) is 0 Å². The van der Waals surface area contributed by atoms with Crippen LogP contribution >= 0.6 is 0 Å². The SMILES string of the molecule is C[C@]12C(=O)C=CCC1=CC[C@@H]1[C@@H]2CC[C@@]2(O)C(=O)O[C@@]3(C)[C@H]4C[C@@]5(C)[C@@H]6C(=O)[C@]1(OC[C@@]5(O)C(=O)O4)O[C@]623. The number of esters is 2. The fraction of sp³-hybridized carbons (Fsp3) is 0.714. The van der Waals surface area contributed by atoms with E-state index in [0.29, 0.717) is 12.8 Å². The predicted molar refractivity (Wildman–Crippen MR) is 124 cm³/mol. The maximum absolute atomic E-state index is 14.9. The van der Waals surface area contributed by atoms with Gasteiger partial charge in [-0.25, -0.2) is 9.59 Å². The van der Waals surface area contributed by atoms with Crippen LogP contribution in [0.15, 0.2) is 23.8 Å². The van der Waals surface area contributed by atoms with Crippen LogP contribution in [-0.4, -0.2) is 74.6 Å². The Balaban J connectivity index is 1.45. The molecule has 0 radical (unpaired) electrons. The molecule has 2 N–H and O–H groups in total. The molecular weight excluding hydrogens is 496 g/mol. The number of allylic oxidation sites excluding steroid dienone is 4. The first-order valence-corrected chi connectivity index (χ1v) is 13.4. The molecule has 6 fully saturated rings. The fourth-order valence-electron chi connectivity index (χ4n) is 9.97. The second-order valence-corrected chi connectivity index (χ2v) is 13.2. The lowest BCUT2D eigenvalue weighted by Crippen LogP contribution is -2.82. The zero-order valence-electron chi connectivity index (χ0n) is 21.4. The van der Waals surface area contributed by atoms with Crippen molar-refractivity contribution < 1.29 is 48.3 Å². The molecule has 0 amide bonds. The molecule has 8 aliphatic rings. The van der Waals surface area contributed by atoms with E-state index in [9.17, 15) is 29.4 Å². The number of carbonyl (C=O) groups excluding carboxylic acids is 4. The van der Waals surface area contributed by atoms with Gasteiger partial charge < -0.3 is 29.2 Å². The summed E-state index contributed by atoms with van der Waals surface area (Å²) >= 11 is 0. The lowest BCUT2D eigenvalue weighted by molar-refractivity contribution is -0.390. The van der Waals surface area contributed by atoms with Crippen molar-refractivity contribution in [3.05, 3.63) is 23.8 Å². The first-order chi connectivity index (χ1) is 17.8. The van der Waals surface area contributed by atoms with Crippen LogP contribution < -0.4 is 0 Å². The van der Waals surface area contributed by atoms with Gasteiger partial charge in [0, 0.05) is 11.3 Å². The molecule has 0 aromatic carbocycles. The number of ether oxygens (including phenoxy) is 4. The molecule has 5 heterocycles. The smallest absolute Gasteiger partial charge is 0.342 e. The molecule has 2 spiro atoms. The summed E-state index contributed by atoms with van der Waals surface area (Å²) < 4.78 is 24.7. The van der Waals surface area contributed by atoms with Crippen LogP contribution in [0.25, 0.3) is 0 Å². The quantitative estimate of drug-likeness (QED) is 0.341. The van der Waals surface area contributed by atoms with Crippen molar-refractivity contribution in [2.24, 2.45) is 28.6 Å². The van der Waals surface area contributed by atoms with Gasteiger partial charge in [-0.1, -0.05) is 24.6 Å². The zero-order chi connectivity index (χ0) is 26.9. The number of fused-ring (bicyclic) bond motifs is 5. The summed E-state index contributed by atoms with van der Waals surface area (Å²) in [5, 5.41) is 24.3. The van der Waals surface area contributed by atoms with Crippen molar-refractivity contribution in [3.8, 4) is 0 Å². The minimum Gasteiger partial charge on any atom is -0.456 e. The average Bonchev–Trinajstić information content (AvgIpc) is 3.20. The normalized spacial score (nSPS) is 59.2. The third-order valence-electron chi connectivity index (χ3n) is 12.1. The summed E-state index contributed by atoms with van der Waals surface area (Å²) in [6.45, 7) is 4.45. The van der Waals surface area contributed by atoms with Crippen molar-refractivity contribution in [1.82, 2.24) is 0 Å². The second-order valence-electron chi connectivity index (χ2n) is 13.2. The van der Waals surface area contributed by atoms with Gasteiger partial charge in [0.25, 0.3) is 0 Å². The highest BCUT2D eigenvalue weighted by molar-refractivity contribution is 6.01. The molecule has 0 aromatic rings. The summed E-state index contributed by atoms with van der Waals surface area (Å²) in [6, 6.07) is 0. The van der Waals surface area contributed by atoms with Gasteiger partial charge in [-0.15, -0.1) is 0 Å². The summed E-state index contributed by atoms with van der Waals surface area (Å²) in [7, 11) is 0. The number of aliphatic hydroxyl groups is 2. The van der Waals surface area contributed by atoms with E-state index in [1.165, 1.54) is 6.92 Å². The molecule has 5 aliphatic heterocycles. The molecule has 5 saturated heterocycles. The van der Waals surface area contributed by atoms with Crippen LogP contribution in [0, 0.1) is 28.6 Å². The van der Waals surface area contributed by atoms with Gasteiger partial charge in [0.2, 0.25) is 5.79 Å². The average molecular weight is 527 g/mol. The molecule has 10 heteroatoms. The molecule has 202 valence electrons. The molecule has 1 saturated carbocycles. The van der Waals surface area contributed by atoms with Crippen LogP contribution in [0.2, 0.25) is 0 Å². The Labute approximate surface area is 218 Å². The van der Waals surface area contributed by atoms with Gasteiger partial charge in [-0.3, -0.25) is 9.59 Å². The maximum Gasteiger partial charge on any atom is 0.342 e. The van der Waals surface area contributed by atoms with Gasteiger partial charge in [-0.05, 0) is 57.9 Å². The first kappa shape index (κ1) is 23.5. The van der Waals surface area contributed by atoms with Crippen molar-refractivity contribution in [1.29, 1.82) is 0 Å². The van der Waals surface area contributed by atoms with Crippen molar-refractivity contribution in [2.45, 2.75) is 87.2 Å². The van der Waals surface area contributed by atoms with E-state index in [-0.39, 0.29) is 25.0 Å². The maximum atomic E-state index is 14.9. The number of rotatable bonds is 0. The largest absolute Gasteiger partial charge is 0.456 e. The van der Waals surface area contributed by atoms with E-state index in [4.69, 9.17) is 18.9 Å². The van der Waals surface area contributed by atoms with E-state index >= 15 is 0 Å². The number of ketones is 2. The van der Waals surface area contributed by atoms with Crippen molar-refractivity contribution >= 4 is 23.5 Å². The van der Waals surface area contributed by atoms with Crippen LogP contribution in [0.3, 0.4) is 0 Å². The highest BCUT2D eigenvalue weighted by Crippen LogP contribution is 2.75. The predicted octanol–water partition coefficient (Wildman–Crippen LogP) is 0.672. The molecule has 0 aromatic heterocycles. The summed E-state index contributed by atoms with van der Waals surface area (Å²) in [5.74, 6) is -7.05. The Bertz CT molecular complexity index is 1350. The molecule has 10 nitrogen and oxygen atoms in total. The minimum atomic E-state index is -2.30. The Kier molecular flexibility index (Phi) is 3.81. The van der Waals surface area contributed by atoms with Gasteiger partial charge >= 0.3 is 11.9 Å². The number of hydrogen-bond donors (Lipinski definition) is 2. The topological polar surface area (TPSA) is 146 Å². The molecule has 3 aliphatic carbocycles. The molecule has 8 rings (SSSR count). The van der Waals surface area contributed by atoms with Crippen LogP contribution in [0.5, 0.6) is 0 Å². The van der Waals surface area contributed by atoms with E-state index in [0.717, 1.165) is 5.57 Å². The van der Waals surface area contributed by atoms with E-state index in [1.807, 2.05) is 19.1 Å². The Morgan fingerprint density at radius 1 is 1.00 bits per heavy atom. The summed E-state index contributed by atoms with van der Waals surface area (Å²) in [6.07, 6.45) is 5.36. The Hall–Kier alpha value is -2.40. The Morgan fingerprint density at radius 2 is 1.76 bits per heavy atom. The monoisotopic (exact) mass is 526 g/mol. The van der Waals surface area contributed by atoms with E-state index in [2.05, 4.69) is 0 Å². The minimum absolute atomic E-state index is 0.0230. The van der Waals surface area contributed by atoms with Crippen molar-refractivity contribution in [2.75, 3.05) is 6.61 Å². The summed E-state index contributed by atoms with van der Waals surface area (Å²) in [4.78, 5) is 55.4. The van der Waals surface area contributed by atoms with E-state index in [1.54, 1.807) is 13.0 Å². The van der Waals surface area contributed by atoms with Crippen LogP contribution in [-0.2, 0) is 38.1 Å². The van der Waals surface area contributed by atoms with Gasteiger partial charge in [0.05, 0.1) is 17.9 Å². The molecular formula is C28H30O10. The highest BCUT2D eigenvalue weighted by atomic mass is 16.8. The first-order valence-electron chi connectivity index (χ1n) is 13.4. The van der Waals surface area contributed by atoms with Crippen LogP contribution in [0.4, 0.5) is 0 Å². The standard InChI is InChI=1S/C28H30O10/c1-22-11-17-24(3)28-18(22)19(30)27(38-28,35-12-26(22,34)20(31)36-17)15-8-7-13-5-4-6-16(29)23(13,2)14(15)9-10-25(28,33)21(32)37-24/h4,6-7,14-15,17-18,33-34H,5,8-12H2,1-3H3/t14-,15+,17+,18-,22-,23-,24-,25+,26+,27+,28-/m0/s1. The van der Waals surface area contributed by atoms with Crippen LogP contribution in [0.1, 0.15) is 52.9 Å². The zero-order valence-corrected chi connectivity index (χ0v) is 21.4. The summed E-state index contributed by atoms with van der Waals surface area (Å²) in [5.41, 5.74) is -9.72. The van der Waals surface area contributed by atoms with E-state index < -0.39 is 87.2 Å². The third kappa shape index (κ3) is 1.91. The number of carbonyl (C=O) groups is 4. The van der Waals surface area contributed by atoms with Gasteiger partial charge in [0.1, 0.15) is 6.10 Å². The number of Topliss-reactive ketones (excluding diaryl/α,β-unsaturated/α-hetero) is 1. The fourth-order valence-corrected chi connectivity index (χ4v) is 9.97. The van der Waals surface area contributed by atoms with Gasteiger partial charge in [0.15, 0.2) is 34.0 Å². The molecule has 38 heavy (non-hydrogen) atoms. The lowest BCUT2D eigenvalue weighted by Gasteiger charge is -2.64. The molecule has 11 atom stereocenters. The second kappa shape index (κ2) is 6.16. The third-order valence-corrected chi connectivity index (χ3v) is 12.1. The Morgan fingerprint density at radius 3 is 2.53 bits per heavy atom.